The molecule has 0 heterocycles. The lowest BCUT2D eigenvalue weighted by Gasteiger charge is -2.25. The fourth-order valence-corrected chi connectivity index (χ4v) is 1.21. The van der Waals surface area contributed by atoms with Gasteiger partial charge in [-0.15, -0.1) is 0 Å². The SMILES string of the molecule is CCC(C)(OC)C(=O)NCCCC(C)N. The molecule has 0 aromatic carbocycles. The highest BCUT2D eigenvalue weighted by Crippen LogP contribution is 2.13. The number of ether oxygens (including phenoxy) is 1. The van der Waals surface area contributed by atoms with Gasteiger partial charge < -0.3 is 15.8 Å². The Balaban J connectivity index is 3.82. The molecular formula is C11H24N2O2. The first-order valence-corrected chi connectivity index (χ1v) is 5.55. The Bertz CT molecular complexity index is 189. The molecule has 90 valence electrons. The smallest absolute Gasteiger partial charge is 0.251 e. The molecule has 0 aromatic rings. The van der Waals surface area contributed by atoms with E-state index in [1.54, 1.807) is 14.0 Å². The summed E-state index contributed by atoms with van der Waals surface area (Å²) in [4.78, 5) is 11.7. The van der Waals surface area contributed by atoms with Crippen LogP contribution >= 0.6 is 0 Å². The summed E-state index contributed by atoms with van der Waals surface area (Å²) in [7, 11) is 1.56. The van der Waals surface area contributed by atoms with Crippen molar-refractivity contribution in [2.75, 3.05) is 13.7 Å². The summed E-state index contributed by atoms with van der Waals surface area (Å²) < 4.78 is 5.19. The quantitative estimate of drug-likeness (QED) is 0.625. The summed E-state index contributed by atoms with van der Waals surface area (Å²) in [5.41, 5.74) is 4.91. The van der Waals surface area contributed by atoms with Crippen molar-refractivity contribution in [3.8, 4) is 0 Å². The van der Waals surface area contributed by atoms with Crippen LogP contribution in [0.4, 0.5) is 0 Å². The molecule has 4 heteroatoms. The summed E-state index contributed by atoms with van der Waals surface area (Å²) in [6.07, 6.45) is 2.51. The van der Waals surface area contributed by atoms with Crippen molar-refractivity contribution >= 4 is 5.91 Å². The molecule has 4 nitrogen and oxygen atoms in total. The minimum Gasteiger partial charge on any atom is -0.369 e. The number of rotatable bonds is 7. The first-order chi connectivity index (χ1) is 6.96. The summed E-state index contributed by atoms with van der Waals surface area (Å²) in [6.45, 7) is 6.37. The van der Waals surface area contributed by atoms with Gasteiger partial charge in [0.15, 0.2) is 0 Å². The average molecular weight is 216 g/mol. The van der Waals surface area contributed by atoms with E-state index in [0.29, 0.717) is 13.0 Å². The van der Waals surface area contributed by atoms with Crippen molar-refractivity contribution in [2.24, 2.45) is 5.73 Å². The molecule has 0 bridgehead atoms. The van der Waals surface area contributed by atoms with E-state index >= 15 is 0 Å². The van der Waals surface area contributed by atoms with Gasteiger partial charge in [-0.05, 0) is 33.1 Å². The summed E-state index contributed by atoms with van der Waals surface area (Å²) in [5.74, 6) is -0.0443. The first kappa shape index (κ1) is 14.4. The lowest BCUT2D eigenvalue weighted by atomic mass is 10.0. The average Bonchev–Trinajstić information content (AvgIpc) is 2.22. The van der Waals surface area contributed by atoms with Gasteiger partial charge in [0, 0.05) is 19.7 Å². The topological polar surface area (TPSA) is 64.3 Å². The predicted octanol–water partition coefficient (Wildman–Crippen LogP) is 1.05. The van der Waals surface area contributed by atoms with Gasteiger partial charge in [-0.1, -0.05) is 6.92 Å². The molecule has 0 aliphatic rings. The third kappa shape index (κ3) is 5.14. The minimum absolute atomic E-state index is 0.0443. The maximum Gasteiger partial charge on any atom is 0.251 e. The lowest BCUT2D eigenvalue weighted by Crippen LogP contribution is -2.45. The van der Waals surface area contributed by atoms with Crippen molar-refractivity contribution in [2.45, 2.75) is 51.7 Å². The molecule has 15 heavy (non-hydrogen) atoms. The zero-order valence-corrected chi connectivity index (χ0v) is 10.3. The molecule has 3 N–H and O–H groups in total. The van der Waals surface area contributed by atoms with Gasteiger partial charge in [0.1, 0.15) is 5.60 Å². The second-order valence-electron chi connectivity index (χ2n) is 4.16. The van der Waals surface area contributed by atoms with Crippen LogP contribution in [-0.4, -0.2) is 31.2 Å². The van der Waals surface area contributed by atoms with Crippen molar-refractivity contribution in [3.63, 3.8) is 0 Å². The fourth-order valence-electron chi connectivity index (χ4n) is 1.21. The molecule has 0 aliphatic heterocycles. The van der Waals surface area contributed by atoms with Crippen LogP contribution in [-0.2, 0) is 9.53 Å². The molecular weight excluding hydrogens is 192 g/mol. The minimum atomic E-state index is -0.700. The van der Waals surface area contributed by atoms with Crippen molar-refractivity contribution in [1.82, 2.24) is 5.32 Å². The molecule has 2 atom stereocenters. The van der Waals surface area contributed by atoms with Crippen LogP contribution in [0.25, 0.3) is 0 Å². The summed E-state index contributed by atoms with van der Waals surface area (Å²) in [5, 5.41) is 2.86. The zero-order valence-electron chi connectivity index (χ0n) is 10.3. The standard InChI is InChI=1S/C11H24N2O2/c1-5-11(3,15-4)10(14)13-8-6-7-9(2)12/h9H,5-8,12H2,1-4H3,(H,13,14). The Hall–Kier alpha value is -0.610. The highest BCUT2D eigenvalue weighted by molar-refractivity contribution is 5.84. The maximum absolute atomic E-state index is 11.7. The number of carbonyl (C=O) groups is 1. The Kier molecular flexibility index (Phi) is 6.52. The van der Waals surface area contributed by atoms with Crippen LogP contribution in [0.15, 0.2) is 0 Å². The molecule has 1 amide bonds. The number of hydrogen-bond donors (Lipinski definition) is 2. The molecule has 0 rings (SSSR count). The number of nitrogens with one attached hydrogen (secondary N) is 1. The number of amides is 1. The highest BCUT2D eigenvalue weighted by atomic mass is 16.5. The summed E-state index contributed by atoms with van der Waals surface area (Å²) >= 11 is 0. The third-order valence-corrected chi connectivity index (χ3v) is 2.73. The molecule has 0 radical (unpaired) electrons. The first-order valence-electron chi connectivity index (χ1n) is 5.55. The van der Waals surface area contributed by atoms with Gasteiger partial charge in [-0.2, -0.15) is 0 Å². The van der Waals surface area contributed by atoms with Crippen LogP contribution in [0.5, 0.6) is 0 Å². The van der Waals surface area contributed by atoms with Crippen LogP contribution in [0.1, 0.15) is 40.0 Å². The Morgan fingerprint density at radius 1 is 1.60 bits per heavy atom. The van der Waals surface area contributed by atoms with Gasteiger partial charge in [-0.25, -0.2) is 0 Å². The molecule has 0 aromatic heterocycles. The Labute approximate surface area is 92.6 Å². The highest BCUT2D eigenvalue weighted by Gasteiger charge is 2.30. The Morgan fingerprint density at radius 2 is 2.20 bits per heavy atom. The van der Waals surface area contributed by atoms with Crippen molar-refractivity contribution in [1.29, 1.82) is 0 Å². The van der Waals surface area contributed by atoms with Crippen LogP contribution in [0.3, 0.4) is 0 Å². The van der Waals surface area contributed by atoms with Gasteiger partial charge in [0.2, 0.25) is 0 Å². The van der Waals surface area contributed by atoms with E-state index in [-0.39, 0.29) is 11.9 Å². The lowest BCUT2D eigenvalue weighted by molar-refractivity contribution is -0.141. The molecule has 0 fully saturated rings. The second-order valence-corrected chi connectivity index (χ2v) is 4.16. The van der Waals surface area contributed by atoms with Crippen molar-refractivity contribution < 1.29 is 9.53 Å². The van der Waals surface area contributed by atoms with E-state index in [1.807, 2.05) is 13.8 Å². The van der Waals surface area contributed by atoms with E-state index in [9.17, 15) is 4.79 Å². The van der Waals surface area contributed by atoms with E-state index in [0.717, 1.165) is 12.8 Å². The third-order valence-electron chi connectivity index (χ3n) is 2.73. The zero-order chi connectivity index (χ0) is 11.9. The van der Waals surface area contributed by atoms with E-state index in [1.165, 1.54) is 0 Å². The Morgan fingerprint density at radius 3 is 2.60 bits per heavy atom. The van der Waals surface area contributed by atoms with E-state index in [4.69, 9.17) is 10.5 Å². The van der Waals surface area contributed by atoms with Gasteiger partial charge >= 0.3 is 0 Å². The fraction of sp³-hybridized carbons (Fsp3) is 0.909. The van der Waals surface area contributed by atoms with Gasteiger partial charge in [-0.3, -0.25) is 4.79 Å². The van der Waals surface area contributed by atoms with Gasteiger partial charge in [0.25, 0.3) is 5.91 Å². The van der Waals surface area contributed by atoms with E-state index in [2.05, 4.69) is 5.32 Å². The van der Waals surface area contributed by atoms with Crippen LogP contribution < -0.4 is 11.1 Å². The number of carbonyl (C=O) groups excluding carboxylic acids is 1. The van der Waals surface area contributed by atoms with Gasteiger partial charge in [0.05, 0.1) is 0 Å². The second kappa shape index (κ2) is 6.80. The molecule has 0 saturated heterocycles. The molecule has 0 aliphatic carbocycles. The molecule has 0 spiro atoms. The predicted molar refractivity (Wildman–Crippen MR) is 61.6 cm³/mol. The maximum atomic E-state index is 11.7. The largest absolute Gasteiger partial charge is 0.369 e. The van der Waals surface area contributed by atoms with Crippen LogP contribution in [0.2, 0.25) is 0 Å². The summed E-state index contributed by atoms with van der Waals surface area (Å²) in [6, 6.07) is 0.196. The number of methoxy groups -OCH3 is 1. The number of nitrogens with two attached hydrogens (primary N) is 1. The number of hydrogen-bond acceptors (Lipinski definition) is 3. The van der Waals surface area contributed by atoms with Crippen molar-refractivity contribution in [3.05, 3.63) is 0 Å². The molecule has 0 saturated carbocycles. The monoisotopic (exact) mass is 216 g/mol. The van der Waals surface area contributed by atoms with Crippen LogP contribution in [0, 0.1) is 0 Å². The van der Waals surface area contributed by atoms with E-state index < -0.39 is 5.60 Å². The molecule has 2 unspecified atom stereocenters. The normalized spacial score (nSPS) is 16.9.